The molecule has 2 fully saturated rings. The molecule has 116 valence electrons. The molecule has 1 aliphatic heterocycles. The summed E-state index contributed by atoms with van der Waals surface area (Å²) in [6, 6.07) is 3.90. The summed E-state index contributed by atoms with van der Waals surface area (Å²) < 4.78 is 13.7. The van der Waals surface area contributed by atoms with Crippen LogP contribution in [0.15, 0.2) is 16.6 Å². The molecule has 0 amide bonds. The second-order valence-corrected chi connectivity index (χ2v) is 6.71. The quantitative estimate of drug-likeness (QED) is 0.762. The van der Waals surface area contributed by atoms with Crippen LogP contribution in [0, 0.1) is 5.92 Å². The lowest BCUT2D eigenvalue weighted by Gasteiger charge is -2.12. The number of hydrogen-bond acceptors (Lipinski definition) is 5. The van der Waals surface area contributed by atoms with Crippen LogP contribution in [0.5, 0.6) is 5.75 Å². The molecule has 6 nitrogen and oxygen atoms in total. The van der Waals surface area contributed by atoms with Gasteiger partial charge in [0, 0.05) is 13.0 Å². The third-order valence-corrected chi connectivity index (χ3v) is 4.88. The van der Waals surface area contributed by atoms with Crippen molar-refractivity contribution in [1.29, 1.82) is 0 Å². The average Bonchev–Trinajstić information content (AvgIpc) is 3.08. The van der Waals surface area contributed by atoms with E-state index in [1.807, 2.05) is 16.8 Å². The van der Waals surface area contributed by atoms with Gasteiger partial charge in [0.15, 0.2) is 0 Å². The normalized spacial score (nSPS) is 21.3. The average molecular weight is 366 g/mol. The molecular formula is C15H16BrN3O3. The minimum atomic E-state index is -0.152. The molecule has 1 saturated heterocycles. The van der Waals surface area contributed by atoms with Gasteiger partial charge in [0.05, 0.1) is 9.99 Å². The Bertz CT molecular complexity index is 726. The molecular weight excluding hydrogens is 350 g/mol. The number of rotatable bonds is 5. The highest BCUT2D eigenvalue weighted by molar-refractivity contribution is 9.10. The van der Waals surface area contributed by atoms with Crippen LogP contribution in [-0.2, 0) is 16.1 Å². The third kappa shape index (κ3) is 2.69. The fourth-order valence-electron chi connectivity index (χ4n) is 2.66. The SMILES string of the molecule is O=C1CC[C@@H](COc2ccc3c(nnn3CC3CC3)c2Br)O1. The van der Waals surface area contributed by atoms with Crippen LogP contribution < -0.4 is 4.74 Å². The number of hydrogen-bond donors (Lipinski definition) is 0. The molecule has 1 saturated carbocycles. The van der Waals surface area contributed by atoms with Crippen molar-refractivity contribution in [1.82, 2.24) is 15.0 Å². The maximum absolute atomic E-state index is 11.1. The number of carbonyl (C=O) groups is 1. The van der Waals surface area contributed by atoms with Gasteiger partial charge < -0.3 is 9.47 Å². The maximum atomic E-state index is 11.1. The molecule has 1 aliphatic carbocycles. The van der Waals surface area contributed by atoms with Crippen molar-refractivity contribution in [2.75, 3.05) is 6.61 Å². The minimum absolute atomic E-state index is 0.147. The zero-order valence-electron chi connectivity index (χ0n) is 12.0. The summed E-state index contributed by atoms with van der Waals surface area (Å²) in [5.41, 5.74) is 1.82. The van der Waals surface area contributed by atoms with E-state index in [1.165, 1.54) is 12.8 Å². The van der Waals surface area contributed by atoms with Crippen LogP contribution in [0.25, 0.3) is 11.0 Å². The molecule has 2 heterocycles. The van der Waals surface area contributed by atoms with Gasteiger partial charge in [0.2, 0.25) is 0 Å². The van der Waals surface area contributed by atoms with Gasteiger partial charge in [-0.25, -0.2) is 4.68 Å². The molecule has 2 aliphatic rings. The first kappa shape index (κ1) is 14.0. The van der Waals surface area contributed by atoms with Crippen molar-refractivity contribution in [3.63, 3.8) is 0 Å². The van der Waals surface area contributed by atoms with Gasteiger partial charge >= 0.3 is 5.97 Å². The van der Waals surface area contributed by atoms with E-state index in [9.17, 15) is 4.79 Å². The van der Waals surface area contributed by atoms with Crippen LogP contribution in [-0.4, -0.2) is 33.7 Å². The van der Waals surface area contributed by atoms with Gasteiger partial charge in [-0.2, -0.15) is 0 Å². The van der Waals surface area contributed by atoms with E-state index < -0.39 is 0 Å². The molecule has 4 rings (SSSR count). The van der Waals surface area contributed by atoms with Gasteiger partial charge in [-0.3, -0.25) is 4.79 Å². The molecule has 7 heteroatoms. The molecule has 0 bridgehead atoms. The van der Waals surface area contributed by atoms with Crippen LogP contribution in [0.2, 0.25) is 0 Å². The third-order valence-electron chi connectivity index (χ3n) is 4.11. The summed E-state index contributed by atoms with van der Waals surface area (Å²) in [6.45, 7) is 1.30. The first-order valence-electron chi connectivity index (χ1n) is 7.54. The largest absolute Gasteiger partial charge is 0.488 e. The van der Waals surface area contributed by atoms with Gasteiger partial charge in [0.1, 0.15) is 24.0 Å². The van der Waals surface area contributed by atoms with Crippen molar-refractivity contribution >= 4 is 32.9 Å². The Balaban J connectivity index is 1.51. The molecule has 0 unspecified atom stereocenters. The highest BCUT2D eigenvalue weighted by atomic mass is 79.9. The maximum Gasteiger partial charge on any atom is 0.306 e. The van der Waals surface area contributed by atoms with E-state index in [4.69, 9.17) is 9.47 Å². The van der Waals surface area contributed by atoms with E-state index in [0.29, 0.717) is 18.8 Å². The fourth-order valence-corrected chi connectivity index (χ4v) is 3.19. The van der Waals surface area contributed by atoms with Crippen molar-refractivity contribution in [3.8, 4) is 5.75 Å². The Kier molecular flexibility index (Phi) is 3.52. The molecule has 0 N–H and O–H groups in total. The summed E-state index contributed by atoms with van der Waals surface area (Å²) in [4.78, 5) is 11.1. The Hall–Kier alpha value is -1.63. The lowest BCUT2D eigenvalue weighted by molar-refractivity contribution is -0.142. The fraction of sp³-hybridized carbons (Fsp3) is 0.533. The number of cyclic esters (lactones) is 1. The van der Waals surface area contributed by atoms with Crippen molar-refractivity contribution in [2.24, 2.45) is 5.92 Å². The lowest BCUT2D eigenvalue weighted by Crippen LogP contribution is -2.17. The molecule has 22 heavy (non-hydrogen) atoms. The van der Waals surface area contributed by atoms with Crippen LogP contribution >= 0.6 is 15.9 Å². The molecule has 1 aromatic heterocycles. The molecule has 0 radical (unpaired) electrons. The van der Waals surface area contributed by atoms with Gasteiger partial charge in [-0.1, -0.05) is 5.21 Å². The number of halogens is 1. The van der Waals surface area contributed by atoms with E-state index in [1.54, 1.807) is 0 Å². The smallest absolute Gasteiger partial charge is 0.306 e. The van der Waals surface area contributed by atoms with E-state index in [2.05, 4.69) is 26.2 Å². The van der Waals surface area contributed by atoms with E-state index >= 15 is 0 Å². The van der Waals surface area contributed by atoms with Crippen LogP contribution in [0.1, 0.15) is 25.7 Å². The summed E-state index contributed by atoms with van der Waals surface area (Å²) in [6.07, 6.45) is 3.61. The minimum Gasteiger partial charge on any atom is -0.488 e. The van der Waals surface area contributed by atoms with Crippen molar-refractivity contribution in [2.45, 2.75) is 38.3 Å². The van der Waals surface area contributed by atoms with Crippen LogP contribution in [0.3, 0.4) is 0 Å². The van der Waals surface area contributed by atoms with E-state index in [-0.39, 0.29) is 12.1 Å². The highest BCUT2D eigenvalue weighted by Crippen LogP contribution is 2.35. The number of ether oxygens (including phenoxy) is 2. The Labute approximate surface area is 135 Å². The summed E-state index contributed by atoms with van der Waals surface area (Å²) in [5, 5.41) is 8.49. The Morgan fingerprint density at radius 2 is 2.23 bits per heavy atom. The number of esters is 1. The molecule has 1 aromatic carbocycles. The second kappa shape index (κ2) is 5.53. The first-order valence-corrected chi connectivity index (χ1v) is 8.34. The topological polar surface area (TPSA) is 66.2 Å². The second-order valence-electron chi connectivity index (χ2n) is 5.92. The number of benzene rings is 1. The summed E-state index contributed by atoms with van der Waals surface area (Å²) in [5.74, 6) is 1.30. The zero-order chi connectivity index (χ0) is 15.1. The standard InChI is InChI=1S/C15H16BrN3O3/c16-14-12(21-8-10-3-6-13(20)22-10)5-4-11-15(14)17-18-19(11)7-9-1-2-9/h4-5,9-10H,1-3,6-8H2/t10-/m0/s1. The first-order chi connectivity index (χ1) is 10.7. The Morgan fingerprint density at radius 3 is 2.95 bits per heavy atom. The monoisotopic (exact) mass is 365 g/mol. The Morgan fingerprint density at radius 1 is 1.36 bits per heavy atom. The summed E-state index contributed by atoms with van der Waals surface area (Å²) >= 11 is 3.55. The molecule has 1 atom stereocenters. The van der Waals surface area contributed by atoms with Gasteiger partial charge in [-0.05, 0) is 53.2 Å². The lowest BCUT2D eigenvalue weighted by atomic mass is 10.2. The predicted molar refractivity (Wildman–Crippen MR) is 82.6 cm³/mol. The van der Waals surface area contributed by atoms with Gasteiger partial charge in [0.25, 0.3) is 0 Å². The zero-order valence-corrected chi connectivity index (χ0v) is 13.6. The van der Waals surface area contributed by atoms with Crippen molar-refractivity contribution < 1.29 is 14.3 Å². The van der Waals surface area contributed by atoms with Crippen molar-refractivity contribution in [3.05, 3.63) is 16.6 Å². The van der Waals surface area contributed by atoms with Crippen LogP contribution in [0.4, 0.5) is 0 Å². The summed E-state index contributed by atoms with van der Waals surface area (Å²) in [7, 11) is 0. The number of nitrogens with zero attached hydrogens (tertiary/aromatic N) is 3. The molecule has 2 aromatic rings. The van der Waals surface area contributed by atoms with Gasteiger partial charge in [-0.15, -0.1) is 5.10 Å². The molecule has 0 spiro atoms. The highest BCUT2D eigenvalue weighted by Gasteiger charge is 2.25. The number of fused-ring (bicyclic) bond motifs is 1. The predicted octanol–water partition coefficient (Wildman–Crippen LogP) is 2.69. The number of carbonyl (C=O) groups excluding carboxylic acids is 1. The number of aromatic nitrogens is 3. The van der Waals surface area contributed by atoms with E-state index in [0.717, 1.165) is 34.4 Å².